The molecule has 12 rings (SSSR count). The van der Waals surface area contributed by atoms with E-state index in [1.165, 1.54) is 63.7 Å². The molecule has 12 aromatic carbocycles. The Balaban J connectivity index is 0.000000136. The molecule has 0 fully saturated rings. The third-order valence-corrected chi connectivity index (χ3v) is 23.7. The van der Waals surface area contributed by atoms with Crippen LogP contribution in [-0.4, -0.2) is 0 Å². The molecule has 0 amide bonds. The van der Waals surface area contributed by atoms with Gasteiger partial charge in [-0.05, 0) is 146 Å². The summed E-state index contributed by atoms with van der Waals surface area (Å²) in [4.78, 5) is 0. The second-order valence-corrected chi connectivity index (χ2v) is 35.0. The van der Waals surface area contributed by atoms with Crippen molar-refractivity contribution in [1.82, 2.24) is 0 Å². The smallest absolute Gasteiger partial charge is 0.0620 e. The summed E-state index contributed by atoms with van der Waals surface area (Å²) in [6.07, 6.45) is 0. The van der Waals surface area contributed by atoms with Crippen molar-refractivity contribution in [2.24, 2.45) is 0 Å². The number of halogens is 2. The summed E-state index contributed by atoms with van der Waals surface area (Å²) < 4.78 is 0. The average molecular weight is 1320 g/mol. The van der Waals surface area contributed by atoms with Crippen LogP contribution in [0.3, 0.4) is 0 Å². The van der Waals surface area contributed by atoms with Gasteiger partial charge in [0.2, 0.25) is 0 Å². The Hall–Kier alpha value is -6.02. The molecule has 0 aliphatic rings. The standard InChI is InChI=1S/4C18H15P.2BrH.Pd/c4*1-4-10-16(11-5-1)19(17-12-6-2-7-13-17)18-14-8-3-9-15-18;;;/h4*1-15H;2*1H;/q;;;;;;+2/p+2. The van der Waals surface area contributed by atoms with Crippen LogP contribution >= 0.6 is 58.5 Å². The topological polar surface area (TPSA) is 0 Å². The van der Waals surface area contributed by atoms with Gasteiger partial charge in [0, 0.05) is 0 Å². The molecule has 0 aliphatic carbocycles. The van der Waals surface area contributed by atoms with Crippen molar-refractivity contribution >= 4 is 122 Å². The van der Waals surface area contributed by atoms with Gasteiger partial charge in [0.05, 0.1) is 31.7 Å². The van der Waals surface area contributed by atoms with Gasteiger partial charge in [0.1, 0.15) is 63.7 Å². The van der Waals surface area contributed by atoms with E-state index in [0.717, 1.165) is 0 Å². The Morgan fingerprint density at radius 2 is 0.203 bits per heavy atom. The number of benzene rings is 12. The monoisotopic (exact) mass is 1320 g/mol. The number of hydrogen-bond donors (Lipinski definition) is 0. The van der Waals surface area contributed by atoms with Gasteiger partial charge in [-0.15, -0.1) is 0 Å². The minimum atomic E-state index is -0.877. The van der Waals surface area contributed by atoms with Crippen molar-refractivity contribution in [3.8, 4) is 0 Å². The maximum absolute atomic E-state index is 3.11. The van der Waals surface area contributed by atoms with Gasteiger partial charge in [0.15, 0.2) is 0 Å². The molecule has 392 valence electrons. The summed E-state index contributed by atoms with van der Waals surface area (Å²) in [6, 6.07) is 130. The van der Waals surface area contributed by atoms with E-state index in [1.54, 1.807) is 0 Å². The Kier molecular flexibility index (Phi) is 25.6. The number of rotatable bonds is 12. The second kappa shape index (κ2) is 34.2. The average Bonchev–Trinajstić information content (AvgIpc) is 3.55. The van der Waals surface area contributed by atoms with E-state index in [4.69, 9.17) is 0 Å². The molecule has 7 heteroatoms. The molecule has 0 nitrogen and oxygen atoms in total. The van der Waals surface area contributed by atoms with Crippen LogP contribution in [-0.2, 0) is 13.9 Å². The predicted octanol–water partition coefficient (Wildman–Crippen LogP) is 14.4. The van der Waals surface area contributed by atoms with Gasteiger partial charge in [-0.2, -0.15) is 0 Å². The van der Waals surface area contributed by atoms with Crippen LogP contribution in [0, 0.1) is 0 Å². The van der Waals surface area contributed by atoms with Crippen LogP contribution in [0.15, 0.2) is 364 Å². The molecule has 0 bridgehead atoms. The molecule has 12 aromatic rings. The molecule has 0 saturated carbocycles. The third-order valence-electron chi connectivity index (χ3n) is 12.7. The van der Waals surface area contributed by atoms with E-state index in [0.29, 0.717) is 13.9 Å². The van der Waals surface area contributed by atoms with Crippen molar-refractivity contribution in [1.29, 1.82) is 0 Å². The van der Waals surface area contributed by atoms with E-state index in [1.807, 2.05) is 0 Å². The van der Waals surface area contributed by atoms with Crippen molar-refractivity contribution in [3.05, 3.63) is 364 Å². The second-order valence-electron chi connectivity index (χ2n) is 17.9. The zero-order chi connectivity index (χ0) is 54.4. The first-order valence-corrected chi connectivity index (χ1v) is 39.3. The molecular weight excluding hydrogens is 1250 g/mol. The quantitative estimate of drug-likeness (QED) is 0.0845. The molecule has 79 heavy (non-hydrogen) atoms. The van der Waals surface area contributed by atoms with E-state index >= 15 is 0 Å². The molecule has 0 N–H and O–H groups in total. The van der Waals surface area contributed by atoms with Crippen molar-refractivity contribution in [2.75, 3.05) is 0 Å². The molecule has 0 aromatic heterocycles. The van der Waals surface area contributed by atoms with Crippen LogP contribution in [0.5, 0.6) is 0 Å². The summed E-state index contributed by atoms with van der Waals surface area (Å²) in [7, 11) is -3.51. The van der Waals surface area contributed by atoms with Gasteiger partial charge in [-0.3, -0.25) is 0 Å². The van der Waals surface area contributed by atoms with Crippen molar-refractivity contribution < 1.29 is 13.9 Å². The SMILES string of the molecule is [Br][Pd][Br].c1ccc([PH+](c2ccccc2)c2ccccc2)cc1.c1ccc([PH+](c2ccccc2)c2ccccc2)cc1.c1ccc([PH+](c2ccccc2)c2ccccc2)cc1.c1ccc([PH+](c2ccccc2)c2ccccc2)cc1. The van der Waals surface area contributed by atoms with E-state index in [-0.39, 0.29) is 0 Å². The van der Waals surface area contributed by atoms with Crippen molar-refractivity contribution in [3.63, 3.8) is 0 Å². The van der Waals surface area contributed by atoms with Crippen LogP contribution in [0.4, 0.5) is 0 Å². The molecule has 0 spiro atoms. The van der Waals surface area contributed by atoms with Gasteiger partial charge >= 0.3 is 40.8 Å². The van der Waals surface area contributed by atoms with Crippen LogP contribution in [0.1, 0.15) is 0 Å². The fourth-order valence-corrected chi connectivity index (χ4v) is 19.6. The van der Waals surface area contributed by atoms with Gasteiger partial charge in [-0.25, -0.2) is 0 Å². The van der Waals surface area contributed by atoms with E-state index in [2.05, 4.69) is 391 Å². The molecule has 0 aliphatic heterocycles. The molecular formula is C72H64Br2P4Pd+4. The number of hydrogen-bond acceptors (Lipinski definition) is 0. The largest absolute Gasteiger partial charge is 0.102 e. The first kappa shape index (κ1) is 59.1. The summed E-state index contributed by atoms with van der Waals surface area (Å²) >= 11 is 6.80. The van der Waals surface area contributed by atoms with E-state index in [9.17, 15) is 0 Å². The predicted molar refractivity (Wildman–Crippen MR) is 364 cm³/mol. The zero-order valence-electron chi connectivity index (χ0n) is 43.7. The molecule has 0 unspecified atom stereocenters. The van der Waals surface area contributed by atoms with Crippen LogP contribution in [0.2, 0.25) is 0 Å². The Morgan fingerprint density at radius 1 is 0.139 bits per heavy atom. The summed E-state index contributed by atoms with van der Waals surface area (Å²) in [5, 5.41) is 17.2. The maximum atomic E-state index is 3.11. The third kappa shape index (κ3) is 18.5. The Bertz CT molecular complexity index is 2610. The summed E-state index contributed by atoms with van der Waals surface area (Å²) in [5.74, 6) is 0. The Morgan fingerprint density at radius 3 is 0.266 bits per heavy atom. The first-order valence-electron chi connectivity index (χ1n) is 26.2. The minimum Gasteiger partial charge on any atom is -0.0620 e. The van der Waals surface area contributed by atoms with Gasteiger partial charge < -0.3 is 0 Å². The van der Waals surface area contributed by atoms with E-state index < -0.39 is 31.7 Å². The van der Waals surface area contributed by atoms with Crippen molar-refractivity contribution in [2.45, 2.75) is 0 Å². The van der Waals surface area contributed by atoms with Crippen LogP contribution in [0.25, 0.3) is 0 Å². The maximum Gasteiger partial charge on any atom is 0.102 e. The van der Waals surface area contributed by atoms with Gasteiger partial charge in [0.25, 0.3) is 0 Å². The molecule has 0 saturated heterocycles. The molecule has 0 atom stereocenters. The fourth-order valence-electron chi connectivity index (χ4n) is 9.26. The normalized spacial score (nSPS) is 10.5. The van der Waals surface area contributed by atoms with Gasteiger partial charge in [-0.1, -0.05) is 218 Å². The Labute approximate surface area is 495 Å². The van der Waals surface area contributed by atoms with Crippen LogP contribution < -0.4 is 63.7 Å². The molecule has 0 radical (unpaired) electrons. The summed E-state index contributed by atoms with van der Waals surface area (Å²) in [6.45, 7) is 0. The zero-order valence-corrected chi connectivity index (χ0v) is 52.4. The summed E-state index contributed by atoms with van der Waals surface area (Å²) in [5.41, 5.74) is 0. The first-order chi connectivity index (χ1) is 39.2. The minimum absolute atomic E-state index is 0.575. The fraction of sp³-hybridized carbons (Fsp3) is 0. The molecule has 0 heterocycles.